The zero-order chi connectivity index (χ0) is 31.3. The van der Waals surface area contributed by atoms with Gasteiger partial charge in [-0.25, -0.2) is 0 Å². The third-order valence-corrected chi connectivity index (χ3v) is 9.62. The molecule has 9 heteroatoms. The Balaban J connectivity index is 1.33. The Morgan fingerprint density at radius 3 is 1.02 bits per heavy atom. The highest BCUT2D eigenvalue weighted by Crippen LogP contribution is 2.35. The maximum Gasteiger partial charge on any atom is 0.297 e. The van der Waals surface area contributed by atoms with Gasteiger partial charge in [-0.15, -0.1) is 0 Å². The highest BCUT2D eigenvalue weighted by molar-refractivity contribution is 7.87. The lowest BCUT2D eigenvalue weighted by atomic mass is 10.1. The van der Waals surface area contributed by atoms with Gasteiger partial charge in [-0.05, 0) is 92.6 Å². The number of hydrogen-bond acceptors (Lipinski definition) is 7. The maximum absolute atomic E-state index is 12.6. The molecule has 226 valence electrons. The van der Waals surface area contributed by atoms with E-state index in [9.17, 15) is 16.8 Å². The zero-order valence-corrected chi connectivity index (χ0v) is 26.3. The topological polar surface area (TPSA) is 90.0 Å². The summed E-state index contributed by atoms with van der Waals surface area (Å²) in [5.41, 5.74) is 7.09. The van der Waals surface area contributed by atoms with Gasteiger partial charge in [0.15, 0.2) is 0 Å². The van der Waals surface area contributed by atoms with Gasteiger partial charge in [0.05, 0.1) is 23.0 Å². The lowest BCUT2D eigenvalue weighted by Gasteiger charge is -2.26. The van der Waals surface area contributed by atoms with Crippen LogP contribution in [0.25, 0.3) is 0 Å². The molecule has 0 aliphatic heterocycles. The molecule has 0 unspecified atom stereocenters. The van der Waals surface area contributed by atoms with Crippen molar-refractivity contribution in [1.29, 1.82) is 0 Å². The number of hydrogen-bond donors (Lipinski definition) is 0. The minimum atomic E-state index is -3.89. The van der Waals surface area contributed by atoms with E-state index < -0.39 is 20.2 Å². The minimum absolute atomic E-state index is 0.0960. The molecular weight excluding hydrogens is 595 g/mol. The Bertz CT molecular complexity index is 1800. The third-order valence-electron chi connectivity index (χ3n) is 7.06. The molecule has 0 heterocycles. The quantitative estimate of drug-likeness (QED) is 0.138. The van der Waals surface area contributed by atoms with E-state index in [2.05, 4.69) is 4.90 Å². The molecule has 0 aliphatic rings. The van der Waals surface area contributed by atoms with Crippen molar-refractivity contribution in [1.82, 2.24) is 0 Å². The van der Waals surface area contributed by atoms with Crippen LogP contribution >= 0.6 is 0 Å². The summed E-state index contributed by atoms with van der Waals surface area (Å²) in [4.78, 5) is 2.29. The molecule has 0 atom stereocenters. The van der Waals surface area contributed by atoms with Gasteiger partial charge in [-0.1, -0.05) is 77.4 Å². The van der Waals surface area contributed by atoms with Crippen LogP contribution in [0.4, 0.5) is 17.1 Å². The van der Waals surface area contributed by atoms with Gasteiger partial charge in [-0.2, -0.15) is 16.8 Å². The van der Waals surface area contributed by atoms with Crippen molar-refractivity contribution in [3.05, 3.63) is 149 Å². The highest BCUT2D eigenvalue weighted by Gasteiger charge is 2.18. The predicted octanol–water partition coefficient (Wildman–Crippen LogP) is 7.89. The van der Waals surface area contributed by atoms with Crippen LogP contribution in [0.2, 0.25) is 0 Å². The van der Waals surface area contributed by atoms with Crippen LogP contribution in [0.15, 0.2) is 131 Å². The van der Waals surface area contributed by atoms with Crippen molar-refractivity contribution >= 4 is 37.3 Å². The summed E-state index contributed by atoms with van der Waals surface area (Å²) in [5.74, 6) is 0. The average Bonchev–Trinajstić information content (AvgIpc) is 3.02. The summed E-state index contributed by atoms with van der Waals surface area (Å²) in [6.07, 6.45) is 0. The van der Waals surface area contributed by atoms with Crippen molar-refractivity contribution in [3.63, 3.8) is 0 Å². The average molecular weight is 628 g/mol. The SMILES string of the molecule is Cc1ccc(N(c2ccc(COS(=O)(=O)c3ccc(C)cc3)cc2)c2ccc(COS(=O)(=O)c3ccc(C)cc3)cc2)cc1. The van der Waals surface area contributed by atoms with Gasteiger partial charge in [-0.3, -0.25) is 8.37 Å². The Morgan fingerprint density at radius 2 is 0.705 bits per heavy atom. The van der Waals surface area contributed by atoms with Gasteiger partial charge in [0.1, 0.15) is 0 Å². The molecule has 0 saturated carbocycles. The fraction of sp³-hybridized carbons (Fsp3) is 0.143. The Morgan fingerprint density at radius 1 is 0.432 bits per heavy atom. The first-order chi connectivity index (χ1) is 21.0. The van der Waals surface area contributed by atoms with Crippen LogP contribution in [0.1, 0.15) is 27.8 Å². The fourth-order valence-electron chi connectivity index (χ4n) is 4.46. The molecule has 5 aromatic rings. The normalized spacial score (nSPS) is 11.8. The van der Waals surface area contributed by atoms with E-state index >= 15 is 0 Å². The van der Waals surface area contributed by atoms with Crippen LogP contribution < -0.4 is 4.90 Å². The molecule has 5 aromatic carbocycles. The summed E-state index contributed by atoms with van der Waals surface area (Å²) in [7, 11) is -7.77. The summed E-state index contributed by atoms with van der Waals surface area (Å²) in [6, 6.07) is 36.1. The molecule has 0 spiro atoms. The molecule has 7 nitrogen and oxygen atoms in total. The lowest BCUT2D eigenvalue weighted by Crippen LogP contribution is -2.11. The van der Waals surface area contributed by atoms with Crippen LogP contribution in [0.5, 0.6) is 0 Å². The van der Waals surface area contributed by atoms with Crippen LogP contribution in [0.3, 0.4) is 0 Å². The van der Waals surface area contributed by atoms with Crippen molar-refractivity contribution in [3.8, 4) is 0 Å². The third kappa shape index (κ3) is 7.62. The second-order valence-corrected chi connectivity index (χ2v) is 13.8. The van der Waals surface area contributed by atoms with Gasteiger partial charge >= 0.3 is 0 Å². The predicted molar refractivity (Wildman–Crippen MR) is 172 cm³/mol. The Kier molecular flexibility index (Phi) is 9.31. The molecule has 0 amide bonds. The van der Waals surface area contributed by atoms with E-state index in [-0.39, 0.29) is 23.0 Å². The van der Waals surface area contributed by atoms with Gasteiger partial charge in [0.2, 0.25) is 0 Å². The van der Waals surface area contributed by atoms with Crippen molar-refractivity contribution in [2.45, 2.75) is 43.8 Å². The number of rotatable bonds is 11. The van der Waals surface area contributed by atoms with Crippen molar-refractivity contribution < 1.29 is 25.2 Å². The largest absolute Gasteiger partial charge is 0.311 e. The highest BCUT2D eigenvalue weighted by atomic mass is 32.2. The summed E-state index contributed by atoms with van der Waals surface area (Å²) in [6.45, 7) is 5.61. The Labute approximate surface area is 259 Å². The number of nitrogens with zero attached hydrogens (tertiary/aromatic N) is 1. The van der Waals surface area contributed by atoms with E-state index in [0.29, 0.717) is 11.1 Å². The number of benzene rings is 5. The monoisotopic (exact) mass is 627 g/mol. The van der Waals surface area contributed by atoms with Crippen molar-refractivity contribution in [2.75, 3.05) is 4.90 Å². The smallest absolute Gasteiger partial charge is 0.297 e. The van der Waals surface area contributed by atoms with E-state index in [0.717, 1.165) is 33.8 Å². The molecule has 5 rings (SSSR count). The molecule has 0 bridgehead atoms. The first-order valence-corrected chi connectivity index (χ1v) is 16.8. The van der Waals surface area contributed by atoms with Crippen LogP contribution in [-0.2, 0) is 41.8 Å². The van der Waals surface area contributed by atoms with Gasteiger partial charge < -0.3 is 4.90 Å². The Hall–Kier alpha value is -4.28. The summed E-state index contributed by atoms with van der Waals surface area (Å²) >= 11 is 0. The lowest BCUT2D eigenvalue weighted by molar-refractivity contribution is 0.307. The zero-order valence-electron chi connectivity index (χ0n) is 24.7. The first-order valence-electron chi connectivity index (χ1n) is 14.0. The summed E-state index contributed by atoms with van der Waals surface area (Å²) < 4.78 is 61.2. The van der Waals surface area contributed by atoms with E-state index in [1.807, 2.05) is 93.6 Å². The van der Waals surface area contributed by atoms with E-state index in [1.54, 1.807) is 24.3 Å². The van der Waals surface area contributed by atoms with Gasteiger partial charge in [0, 0.05) is 17.1 Å². The number of anilines is 3. The molecule has 0 radical (unpaired) electrons. The molecule has 44 heavy (non-hydrogen) atoms. The first kappa shape index (κ1) is 31.2. The van der Waals surface area contributed by atoms with E-state index in [1.165, 1.54) is 24.3 Å². The van der Waals surface area contributed by atoms with Gasteiger partial charge in [0.25, 0.3) is 20.2 Å². The fourth-order valence-corrected chi connectivity index (χ4v) is 6.25. The molecule has 0 saturated heterocycles. The molecule has 0 N–H and O–H groups in total. The molecule has 0 fully saturated rings. The second kappa shape index (κ2) is 13.2. The number of aryl methyl sites for hydroxylation is 3. The molecular formula is C35H33NO6S2. The van der Waals surface area contributed by atoms with Crippen LogP contribution in [-0.4, -0.2) is 16.8 Å². The second-order valence-electron chi connectivity index (χ2n) is 10.6. The summed E-state index contributed by atoms with van der Waals surface area (Å²) in [5, 5.41) is 0. The molecule has 0 aromatic heterocycles. The van der Waals surface area contributed by atoms with E-state index in [4.69, 9.17) is 8.37 Å². The van der Waals surface area contributed by atoms with Crippen molar-refractivity contribution in [2.24, 2.45) is 0 Å². The maximum atomic E-state index is 12.6. The minimum Gasteiger partial charge on any atom is -0.311 e. The molecule has 0 aliphatic carbocycles. The van der Waals surface area contributed by atoms with Crippen LogP contribution in [0, 0.1) is 20.8 Å². The standard InChI is InChI=1S/C35H33NO6S2/c1-26-4-14-31(15-5-26)36(32-16-10-29(11-17-32)24-41-43(37,38)34-20-6-27(2)7-21-34)33-18-12-30(13-19-33)25-42-44(39,40)35-22-8-28(3)9-23-35/h4-23H,24-25H2,1-3H3.